The molecule has 0 aromatic heterocycles. The molecule has 110 valence electrons. The number of aliphatic hydroxyl groups excluding tert-OH is 1. The second kappa shape index (κ2) is 7.57. The van der Waals surface area contributed by atoms with Crippen LogP contribution in [0.2, 0.25) is 0 Å². The Hall–Kier alpha value is -1.17. The van der Waals surface area contributed by atoms with Crippen molar-refractivity contribution in [3.8, 4) is 5.75 Å². The quantitative estimate of drug-likeness (QED) is 0.777. The Morgan fingerprint density at radius 2 is 2.15 bits per heavy atom. The lowest BCUT2D eigenvalue weighted by atomic mass is 9.98. The Kier molecular flexibility index (Phi) is 5.76. The average Bonchev–Trinajstić information content (AvgIpc) is 2.48. The monoisotopic (exact) mass is 294 g/mol. The number of rotatable bonds is 6. The molecule has 1 saturated heterocycles. The maximum Gasteiger partial charge on any atom is 0.120 e. The smallest absolute Gasteiger partial charge is 0.120 e. The normalized spacial score (nSPS) is 17.1. The van der Waals surface area contributed by atoms with Gasteiger partial charge in [-0.2, -0.15) is 0 Å². The summed E-state index contributed by atoms with van der Waals surface area (Å²) in [6.45, 7) is 3.97. The van der Waals surface area contributed by atoms with Crippen LogP contribution < -0.4 is 10.5 Å². The zero-order chi connectivity index (χ0) is 14.4. The maximum atomic E-state index is 9.11. The van der Waals surface area contributed by atoms with Gasteiger partial charge >= 0.3 is 0 Å². The Balaban J connectivity index is 1.73. The topological polar surface area (TPSA) is 58.7 Å². The van der Waals surface area contributed by atoms with E-state index >= 15 is 0 Å². The van der Waals surface area contributed by atoms with Crippen LogP contribution in [0.5, 0.6) is 5.75 Å². The number of nitrogens with two attached hydrogens (primary N) is 1. The first-order valence-electron chi connectivity index (χ1n) is 7.05. The number of aliphatic hydroxyl groups is 1. The van der Waals surface area contributed by atoms with E-state index in [1.165, 1.54) is 0 Å². The van der Waals surface area contributed by atoms with Crippen molar-refractivity contribution in [1.82, 2.24) is 4.90 Å². The summed E-state index contributed by atoms with van der Waals surface area (Å²) in [5.74, 6) is 1.29. The standard InChI is InChI=1S/C15H22N2O2S/c16-15(20)13-2-1-3-14(10-13)19-9-8-17-6-4-12(11-18)5-7-17/h1-3,10,12,18H,4-9,11H2,(H2,16,20). The highest BCUT2D eigenvalue weighted by Gasteiger charge is 2.17. The van der Waals surface area contributed by atoms with Crippen LogP contribution in [0.3, 0.4) is 0 Å². The lowest BCUT2D eigenvalue weighted by Gasteiger charge is -2.30. The minimum Gasteiger partial charge on any atom is -0.492 e. The van der Waals surface area contributed by atoms with E-state index in [2.05, 4.69) is 4.90 Å². The third-order valence-corrected chi connectivity index (χ3v) is 4.00. The van der Waals surface area contributed by atoms with Crippen molar-refractivity contribution in [1.29, 1.82) is 0 Å². The number of hydrogen-bond acceptors (Lipinski definition) is 4. The number of ether oxygens (including phenoxy) is 1. The van der Waals surface area contributed by atoms with Crippen LogP contribution in [0.1, 0.15) is 18.4 Å². The van der Waals surface area contributed by atoms with Crippen LogP contribution in [-0.2, 0) is 0 Å². The van der Waals surface area contributed by atoms with E-state index in [9.17, 15) is 0 Å². The fourth-order valence-electron chi connectivity index (χ4n) is 2.42. The number of hydrogen-bond donors (Lipinski definition) is 2. The first kappa shape index (κ1) is 15.2. The van der Waals surface area contributed by atoms with E-state index in [0.29, 0.717) is 24.1 Å². The van der Waals surface area contributed by atoms with Crippen LogP contribution >= 0.6 is 12.2 Å². The first-order valence-corrected chi connectivity index (χ1v) is 7.45. The highest BCUT2D eigenvalue weighted by Crippen LogP contribution is 2.17. The highest BCUT2D eigenvalue weighted by atomic mass is 32.1. The lowest BCUT2D eigenvalue weighted by molar-refractivity contribution is 0.119. The van der Waals surface area contributed by atoms with Gasteiger partial charge in [0, 0.05) is 18.7 Å². The van der Waals surface area contributed by atoms with Gasteiger partial charge in [0.15, 0.2) is 0 Å². The largest absolute Gasteiger partial charge is 0.492 e. The number of thiocarbonyl (C=S) groups is 1. The summed E-state index contributed by atoms with van der Waals surface area (Å²) in [6, 6.07) is 7.57. The molecule has 4 nitrogen and oxygen atoms in total. The van der Waals surface area contributed by atoms with E-state index in [4.69, 9.17) is 27.8 Å². The minimum atomic E-state index is 0.316. The van der Waals surface area contributed by atoms with Crippen LogP contribution in [0.25, 0.3) is 0 Å². The lowest BCUT2D eigenvalue weighted by Crippen LogP contribution is -2.37. The molecule has 1 aromatic rings. The Morgan fingerprint density at radius 1 is 1.40 bits per heavy atom. The second-order valence-electron chi connectivity index (χ2n) is 5.21. The van der Waals surface area contributed by atoms with Crippen molar-refractivity contribution in [2.75, 3.05) is 32.8 Å². The summed E-state index contributed by atoms with van der Waals surface area (Å²) in [6.07, 6.45) is 2.15. The molecule has 20 heavy (non-hydrogen) atoms. The van der Waals surface area contributed by atoms with Crippen molar-refractivity contribution in [2.45, 2.75) is 12.8 Å². The summed E-state index contributed by atoms with van der Waals surface area (Å²) >= 11 is 4.95. The molecule has 5 heteroatoms. The van der Waals surface area contributed by atoms with Crippen molar-refractivity contribution in [3.63, 3.8) is 0 Å². The predicted octanol–water partition coefficient (Wildman–Crippen LogP) is 1.40. The van der Waals surface area contributed by atoms with Gasteiger partial charge in [-0.1, -0.05) is 24.4 Å². The summed E-state index contributed by atoms with van der Waals surface area (Å²) in [5.41, 5.74) is 6.44. The molecule has 0 unspecified atom stereocenters. The van der Waals surface area contributed by atoms with Gasteiger partial charge in [-0.3, -0.25) is 4.90 Å². The van der Waals surface area contributed by atoms with E-state index < -0.39 is 0 Å². The fourth-order valence-corrected chi connectivity index (χ4v) is 2.55. The third kappa shape index (κ3) is 4.44. The summed E-state index contributed by atoms with van der Waals surface area (Å²) < 4.78 is 5.75. The molecule has 0 bridgehead atoms. The molecule has 1 fully saturated rings. The molecule has 1 aliphatic heterocycles. The summed E-state index contributed by atoms with van der Waals surface area (Å²) in [4.78, 5) is 2.77. The molecule has 3 N–H and O–H groups in total. The van der Waals surface area contributed by atoms with Crippen LogP contribution in [0, 0.1) is 5.92 Å². The zero-order valence-corrected chi connectivity index (χ0v) is 12.4. The van der Waals surface area contributed by atoms with E-state index in [0.717, 1.165) is 43.8 Å². The number of likely N-dealkylation sites (tertiary alicyclic amines) is 1. The van der Waals surface area contributed by atoms with Gasteiger partial charge in [0.05, 0.1) is 0 Å². The van der Waals surface area contributed by atoms with Crippen molar-refractivity contribution >= 4 is 17.2 Å². The van der Waals surface area contributed by atoms with Gasteiger partial charge in [0.25, 0.3) is 0 Å². The van der Waals surface area contributed by atoms with Gasteiger partial charge in [-0.25, -0.2) is 0 Å². The maximum absolute atomic E-state index is 9.11. The zero-order valence-electron chi connectivity index (χ0n) is 11.6. The Morgan fingerprint density at radius 3 is 2.80 bits per heavy atom. The molecule has 0 aliphatic carbocycles. The van der Waals surface area contributed by atoms with Crippen molar-refractivity contribution < 1.29 is 9.84 Å². The molecular formula is C15H22N2O2S. The van der Waals surface area contributed by atoms with Crippen LogP contribution in [0.15, 0.2) is 24.3 Å². The molecule has 2 rings (SSSR count). The number of nitrogens with zero attached hydrogens (tertiary/aromatic N) is 1. The predicted molar refractivity (Wildman–Crippen MR) is 84.1 cm³/mol. The number of benzene rings is 1. The molecule has 0 amide bonds. The minimum absolute atomic E-state index is 0.316. The molecule has 1 aromatic carbocycles. The van der Waals surface area contributed by atoms with Crippen LogP contribution in [-0.4, -0.2) is 47.8 Å². The Bertz CT molecular complexity index is 445. The molecular weight excluding hydrogens is 272 g/mol. The van der Waals surface area contributed by atoms with Gasteiger partial charge in [-0.05, 0) is 44.0 Å². The second-order valence-corrected chi connectivity index (χ2v) is 5.65. The van der Waals surface area contributed by atoms with Crippen LogP contribution in [0.4, 0.5) is 0 Å². The van der Waals surface area contributed by atoms with Crippen molar-refractivity contribution in [2.24, 2.45) is 11.7 Å². The average molecular weight is 294 g/mol. The van der Waals surface area contributed by atoms with Gasteiger partial charge in [-0.15, -0.1) is 0 Å². The fraction of sp³-hybridized carbons (Fsp3) is 0.533. The van der Waals surface area contributed by atoms with Gasteiger partial charge < -0.3 is 15.6 Å². The van der Waals surface area contributed by atoms with E-state index in [-0.39, 0.29) is 0 Å². The third-order valence-electron chi connectivity index (χ3n) is 3.76. The molecule has 0 saturated carbocycles. The molecule has 0 atom stereocenters. The number of piperidine rings is 1. The van der Waals surface area contributed by atoms with E-state index in [1.54, 1.807) is 0 Å². The highest BCUT2D eigenvalue weighted by molar-refractivity contribution is 7.80. The first-order chi connectivity index (χ1) is 9.69. The summed E-state index contributed by atoms with van der Waals surface area (Å²) in [7, 11) is 0. The summed E-state index contributed by atoms with van der Waals surface area (Å²) in [5, 5.41) is 9.11. The Labute approximate surface area is 125 Å². The SMILES string of the molecule is NC(=S)c1cccc(OCCN2CCC(CO)CC2)c1. The molecule has 0 radical (unpaired) electrons. The van der Waals surface area contributed by atoms with Crippen molar-refractivity contribution in [3.05, 3.63) is 29.8 Å². The van der Waals surface area contributed by atoms with Gasteiger partial charge in [0.1, 0.15) is 17.3 Å². The molecule has 0 spiro atoms. The molecule has 1 heterocycles. The molecule has 1 aliphatic rings. The van der Waals surface area contributed by atoms with E-state index in [1.807, 2.05) is 24.3 Å². The van der Waals surface area contributed by atoms with Gasteiger partial charge in [0.2, 0.25) is 0 Å².